The first-order chi connectivity index (χ1) is 5.77. The second kappa shape index (κ2) is 7.94. The van der Waals surface area contributed by atoms with Crippen LogP contribution in [-0.4, -0.2) is 31.4 Å². The van der Waals surface area contributed by atoms with Crippen molar-refractivity contribution in [1.29, 1.82) is 0 Å². The highest BCUT2D eigenvalue weighted by Crippen LogP contribution is 1.82. The van der Waals surface area contributed by atoms with E-state index in [1.165, 1.54) is 6.26 Å². The zero-order valence-corrected chi connectivity index (χ0v) is 7.08. The van der Waals surface area contributed by atoms with Crippen LogP contribution in [0.3, 0.4) is 0 Å². The van der Waals surface area contributed by atoms with Gasteiger partial charge in [-0.05, 0) is 6.58 Å². The molecule has 0 radical (unpaired) electrons. The summed E-state index contributed by atoms with van der Waals surface area (Å²) < 4.78 is 9.54. The van der Waals surface area contributed by atoms with Gasteiger partial charge < -0.3 is 19.9 Å². The molecule has 0 saturated heterocycles. The van der Waals surface area contributed by atoms with Crippen LogP contribution in [0.4, 0.5) is 0 Å². The lowest BCUT2D eigenvalue weighted by atomic mass is 10.6. The molecule has 0 unspecified atom stereocenters. The van der Waals surface area contributed by atoms with Crippen molar-refractivity contribution in [3.8, 4) is 0 Å². The van der Waals surface area contributed by atoms with E-state index in [0.29, 0.717) is 19.8 Å². The number of ether oxygens (including phenoxy) is 2. The van der Waals surface area contributed by atoms with E-state index in [0.717, 1.165) is 6.54 Å². The van der Waals surface area contributed by atoms with Gasteiger partial charge in [0.25, 0.3) is 5.95 Å². The van der Waals surface area contributed by atoms with Crippen LogP contribution in [0.25, 0.3) is 0 Å². The maximum absolute atomic E-state index is 8.51. The first kappa shape index (κ1) is 10.8. The highest BCUT2D eigenvalue weighted by molar-refractivity contribution is 4.62. The maximum atomic E-state index is 8.51. The molecule has 0 aliphatic rings. The van der Waals surface area contributed by atoms with E-state index in [1.54, 1.807) is 0 Å². The summed E-state index contributed by atoms with van der Waals surface area (Å²) in [5.74, 6) is -0.251. The van der Waals surface area contributed by atoms with Crippen molar-refractivity contribution in [2.75, 3.05) is 26.3 Å². The molecule has 70 valence electrons. The number of hydrogen-bond acceptors (Lipinski definition) is 4. The summed E-state index contributed by atoms with van der Waals surface area (Å²) in [5, 5.41) is 11.5. The van der Waals surface area contributed by atoms with Gasteiger partial charge in [-0.25, -0.2) is 0 Å². The Balaban J connectivity index is 2.90. The lowest BCUT2D eigenvalue weighted by Crippen LogP contribution is -2.23. The van der Waals surface area contributed by atoms with Crippen molar-refractivity contribution in [2.24, 2.45) is 0 Å². The van der Waals surface area contributed by atoms with Crippen LogP contribution in [0.5, 0.6) is 0 Å². The molecule has 0 aromatic carbocycles. The van der Waals surface area contributed by atoms with Gasteiger partial charge in [0, 0.05) is 13.1 Å². The van der Waals surface area contributed by atoms with Crippen molar-refractivity contribution in [3.63, 3.8) is 0 Å². The zero-order valence-electron chi connectivity index (χ0n) is 7.08. The molecule has 4 nitrogen and oxygen atoms in total. The number of aliphatic hydroxyl groups is 1. The lowest BCUT2D eigenvalue weighted by molar-refractivity contribution is 0.0962. The largest absolute Gasteiger partial charge is 0.500 e. The number of rotatable bonds is 8. The normalized spacial score (nSPS) is 9.00. The highest BCUT2D eigenvalue weighted by atomic mass is 16.6. The fourth-order valence-electron chi connectivity index (χ4n) is 0.580. The molecule has 0 spiro atoms. The first-order valence-corrected chi connectivity index (χ1v) is 3.71. The number of aliphatic hydroxyl groups excluding tert-OH is 1. The molecule has 0 aliphatic carbocycles. The van der Waals surface area contributed by atoms with Crippen molar-refractivity contribution >= 4 is 0 Å². The number of hydrogen-bond donors (Lipinski definition) is 2. The van der Waals surface area contributed by atoms with Gasteiger partial charge in [0.1, 0.15) is 6.61 Å². The summed E-state index contributed by atoms with van der Waals surface area (Å²) in [6.07, 6.45) is 1.40. The smallest absolute Gasteiger partial charge is 0.269 e. The minimum Gasteiger partial charge on any atom is -0.500 e. The SMILES string of the molecule is C=COCCNCCOC(=C)O. The molecule has 0 saturated carbocycles. The minimum atomic E-state index is -0.251. The third-order valence-corrected chi connectivity index (χ3v) is 1.06. The van der Waals surface area contributed by atoms with Crippen molar-refractivity contribution in [3.05, 3.63) is 25.4 Å². The van der Waals surface area contributed by atoms with Gasteiger partial charge in [-0.15, -0.1) is 0 Å². The molecule has 0 aliphatic heterocycles. The van der Waals surface area contributed by atoms with Crippen LogP contribution in [0.15, 0.2) is 25.4 Å². The lowest BCUT2D eigenvalue weighted by Gasteiger charge is -2.05. The fraction of sp³-hybridized carbons (Fsp3) is 0.500. The predicted molar refractivity (Wildman–Crippen MR) is 46.7 cm³/mol. The van der Waals surface area contributed by atoms with Crippen LogP contribution < -0.4 is 5.32 Å². The van der Waals surface area contributed by atoms with Gasteiger partial charge in [0.05, 0.1) is 12.9 Å². The van der Waals surface area contributed by atoms with Gasteiger partial charge in [-0.2, -0.15) is 0 Å². The summed E-state index contributed by atoms with van der Waals surface area (Å²) in [6.45, 7) is 8.94. The molecule has 0 amide bonds. The van der Waals surface area contributed by atoms with Crippen LogP contribution >= 0.6 is 0 Å². The summed E-state index contributed by atoms with van der Waals surface area (Å²) in [7, 11) is 0. The average molecular weight is 173 g/mol. The van der Waals surface area contributed by atoms with Crippen LogP contribution in [0.2, 0.25) is 0 Å². The monoisotopic (exact) mass is 173 g/mol. The predicted octanol–water partition coefficient (Wildman–Crippen LogP) is 0.782. The van der Waals surface area contributed by atoms with Gasteiger partial charge >= 0.3 is 0 Å². The Morgan fingerprint density at radius 2 is 2.08 bits per heavy atom. The molecule has 2 N–H and O–H groups in total. The average Bonchev–Trinajstić information content (AvgIpc) is 2.02. The van der Waals surface area contributed by atoms with E-state index in [-0.39, 0.29) is 5.95 Å². The maximum Gasteiger partial charge on any atom is 0.269 e. The van der Waals surface area contributed by atoms with Crippen molar-refractivity contribution in [1.82, 2.24) is 5.32 Å². The van der Waals surface area contributed by atoms with E-state index in [4.69, 9.17) is 9.84 Å². The molecule has 0 aromatic heterocycles. The molecule has 0 fully saturated rings. The van der Waals surface area contributed by atoms with Gasteiger partial charge in [0.15, 0.2) is 0 Å². The van der Waals surface area contributed by atoms with Gasteiger partial charge in [0.2, 0.25) is 0 Å². The van der Waals surface area contributed by atoms with E-state index in [1.807, 2.05) is 0 Å². The Kier molecular flexibility index (Phi) is 7.17. The van der Waals surface area contributed by atoms with Crippen molar-refractivity contribution in [2.45, 2.75) is 0 Å². The minimum absolute atomic E-state index is 0.251. The van der Waals surface area contributed by atoms with Gasteiger partial charge in [-0.3, -0.25) is 0 Å². The van der Waals surface area contributed by atoms with Gasteiger partial charge in [-0.1, -0.05) is 6.58 Å². The summed E-state index contributed by atoms with van der Waals surface area (Å²) in [4.78, 5) is 0. The molecule has 0 bridgehead atoms. The second-order valence-corrected chi connectivity index (χ2v) is 2.03. The second-order valence-electron chi connectivity index (χ2n) is 2.03. The van der Waals surface area contributed by atoms with E-state index in [9.17, 15) is 0 Å². The molecule has 0 aromatic rings. The van der Waals surface area contributed by atoms with E-state index < -0.39 is 0 Å². The standard InChI is InChI=1S/C8H15NO3/c1-3-11-6-4-9-5-7-12-8(2)10/h3,9-10H,1-2,4-7H2. The Bertz CT molecular complexity index is 136. The zero-order chi connectivity index (χ0) is 9.23. The molecule has 12 heavy (non-hydrogen) atoms. The quantitative estimate of drug-likeness (QED) is 0.420. The fourth-order valence-corrected chi connectivity index (χ4v) is 0.580. The topological polar surface area (TPSA) is 50.7 Å². The number of nitrogens with one attached hydrogen (secondary N) is 1. The molecule has 4 heteroatoms. The van der Waals surface area contributed by atoms with Crippen molar-refractivity contribution < 1.29 is 14.6 Å². The Morgan fingerprint density at radius 3 is 2.67 bits per heavy atom. The first-order valence-electron chi connectivity index (χ1n) is 3.71. The van der Waals surface area contributed by atoms with E-state index >= 15 is 0 Å². The van der Waals surface area contributed by atoms with Crippen LogP contribution in [0.1, 0.15) is 0 Å². The molecular formula is C8H15NO3. The van der Waals surface area contributed by atoms with Crippen LogP contribution in [0, 0.1) is 0 Å². The Labute approximate surface area is 72.5 Å². The van der Waals surface area contributed by atoms with E-state index in [2.05, 4.69) is 23.2 Å². The summed E-state index contributed by atoms with van der Waals surface area (Å²) >= 11 is 0. The van der Waals surface area contributed by atoms with Crippen LogP contribution in [-0.2, 0) is 9.47 Å². The Hall–Kier alpha value is -1.16. The molecule has 0 heterocycles. The third-order valence-electron chi connectivity index (χ3n) is 1.06. The third kappa shape index (κ3) is 8.84. The molecule has 0 rings (SSSR count). The summed E-state index contributed by atoms with van der Waals surface area (Å²) in [6, 6.07) is 0. The molecular weight excluding hydrogens is 158 g/mol. The molecule has 0 atom stereocenters. The highest BCUT2D eigenvalue weighted by Gasteiger charge is 1.89. The summed E-state index contributed by atoms with van der Waals surface area (Å²) in [5.41, 5.74) is 0. The Morgan fingerprint density at radius 1 is 1.42 bits per heavy atom.